The van der Waals surface area contributed by atoms with Crippen LogP contribution in [0, 0.1) is 0 Å². The van der Waals surface area contributed by atoms with E-state index >= 15 is 0 Å². The summed E-state index contributed by atoms with van der Waals surface area (Å²) >= 11 is 0. The zero-order chi connectivity index (χ0) is 12.4. The summed E-state index contributed by atoms with van der Waals surface area (Å²) in [6.07, 6.45) is 7.56. The minimum Gasteiger partial charge on any atom is -0.396 e. The van der Waals surface area contributed by atoms with Gasteiger partial charge in [-0.3, -0.25) is 4.90 Å². The molecule has 2 heteroatoms. The third kappa shape index (κ3) is 7.02. The van der Waals surface area contributed by atoms with E-state index in [-0.39, 0.29) is 0 Å². The van der Waals surface area contributed by atoms with E-state index in [1.54, 1.807) is 0 Å². The van der Waals surface area contributed by atoms with Crippen LogP contribution in [0.25, 0.3) is 0 Å². The van der Waals surface area contributed by atoms with E-state index in [0.29, 0.717) is 18.7 Å². The van der Waals surface area contributed by atoms with Crippen molar-refractivity contribution < 1.29 is 5.11 Å². The first-order valence-corrected chi connectivity index (χ1v) is 6.61. The maximum absolute atomic E-state index is 8.74. The Balaban J connectivity index is 3.90. The van der Waals surface area contributed by atoms with Gasteiger partial charge in [-0.2, -0.15) is 0 Å². The molecule has 0 spiro atoms. The van der Waals surface area contributed by atoms with Crippen LogP contribution in [0.5, 0.6) is 0 Å². The molecule has 16 heavy (non-hydrogen) atoms. The van der Waals surface area contributed by atoms with Crippen molar-refractivity contribution >= 4 is 0 Å². The van der Waals surface area contributed by atoms with E-state index in [1.165, 1.54) is 12.8 Å². The highest BCUT2D eigenvalue weighted by Gasteiger charge is 2.15. The predicted molar refractivity (Wildman–Crippen MR) is 71.7 cm³/mol. The zero-order valence-electron chi connectivity index (χ0n) is 11.3. The van der Waals surface area contributed by atoms with Crippen LogP contribution in [0.1, 0.15) is 52.9 Å². The molecular weight excluding hydrogens is 198 g/mol. The molecule has 0 aromatic heterocycles. The van der Waals surface area contributed by atoms with Gasteiger partial charge in [0, 0.05) is 18.7 Å². The van der Waals surface area contributed by atoms with E-state index in [2.05, 4.69) is 32.3 Å². The molecule has 96 valence electrons. The number of aliphatic hydroxyl groups excluding tert-OH is 1. The number of hydrogen-bond donors (Lipinski definition) is 1. The van der Waals surface area contributed by atoms with Crippen LogP contribution in [-0.4, -0.2) is 35.2 Å². The average molecular weight is 227 g/mol. The molecule has 0 saturated carbocycles. The molecular formula is C14H29NO. The molecule has 0 heterocycles. The van der Waals surface area contributed by atoms with E-state index in [0.717, 1.165) is 25.8 Å². The van der Waals surface area contributed by atoms with Gasteiger partial charge in [-0.15, -0.1) is 6.58 Å². The summed E-state index contributed by atoms with van der Waals surface area (Å²) in [6, 6.07) is 1.24. The van der Waals surface area contributed by atoms with Gasteiger partial charge >= 0.3 is 0 Å². The third-order valence-corrected chi connectivity index (χ3v) is 3.09. The van der Waals surface area contributed by atoms with Crippen LogP contribution in [0.3, 0.4) is 0 Å². The molecule has 0 amide bonds. The Hall–Kier alpha value is -0.340. The van der Waals surface area contributed by atoms with E-state index in [9.17, 15) is 0 Å². The van der Waals surface area contributed by atoms with Crippen LogP contribution >= 0.6 is 0 Å². The first kappa shape index (κ1) is 15.7. The van der Waals surface area contributed by atoms with Crippen LogP contribution in [0.2, 0.25) is 0 Å². The Morgan fingerprint density at radius 3 is 2.38 bits per heavy atom. The fourth-order valence-corrected chi connectivity index (χ4v) is 2.10. The van der Waals surface area contributed by atoms with Crippen LogP contribution in [-0.2, 0) is 0 Å². The molecule has 0 bridgehead atoms. The molecule has 0 aliphatic heterocycles. The van der Waals surface area contributed by atoms with Gasteiger partial charge in [0.05, 0.1) is 0 Å². The van der Waals surface area contributed by atoms with Gasteiger partial charge in [0.25, 0.3) is 0 Å². The van der Waals surface area contributed by atoms with Crippen molar-refractivity contribution in [3.8, 4) is 0 Å². The summed E-state index contributed by atoms with van der Waals surface area (Å²) in [5.74, 6) is 0. The second-order valence-electron chi connectivity index (χ2n) is 4.83. The second-order valence-corrected chi connectivity index (χ2v) is 4.83. The third-order valence-electron chi connectivity index (χ3n) is 3.09. The van der Waals surface area contributed by atoms with E-state index in [1.807, 2.05) is 6.08 Å². The molecule has 2 nitrogen and oxygen atoms in total. The van der Waals surface area contributed by atoms with Crippen LogP contribution in [0.4, 0.5) is 0 Å². The van der Waals surface area contributed by atoms with Crippen molar-refractivity contribution in [3.63, 3.8) is 0 Å². The van der Waals surface area contributed by atoms with Crippen molar-refractivity contribution in [2.45, 2.75) is 65.0 Å². The fourth-order valence-electron chi connectivity index (χ4n) is 2.10. The summed E-state index contributed by atoms with van der Waals surface area (Å²) in [4.78, 5) is 2.56. The lowest BCUT2D eigenvalue weighted by Crippen LogP contribution is -2.39. The lowest BCUT2D eigenvalue weighted by Gasteiger charge is -2.32. The Kier molecular flexibility index (Phi) is 9.65. The fraction of sp³-hybridized carbons (Fsp3) is 0.857. The minimum absolute atomic E-state index is 0.327. The Bertz CT molecular complexity index is 168. The molecule has 0 rings (SSSR count). The van der Waals surface area contributed by atoms with Gasteiger partial charge in [0.2, 0.25) is 0 Å². The SMILES string of the molecule is C=CCCC(C)N(CCCCCO)C(C)C. The first-order valence-electron chi connectivity index (χ1n) is 6.61. The van der Waals surface area contributed by atoms with E-state index < -0.39 is 0 Å². The highest BCUT2D eigenvalue weighted by atomic mass is 16.2. The lowest BCUT2D eigenvalue weighted by atomic mass is 10.1. The van der Waals surface area contributed by atoms with Crippen molar-refractivity contribution in [3.05, 3.63) is 12.7 Å². The average Bonchev–Trinajstić information content (AvgIpc) is 2.25. The summed E-state index contributed by atoms with van der Waals surface area (Å²) in [5.41, 5.74) is 0. The van der Waals surface area contributed by atoms with Gasteiger partial charge in [-0.05, 0) is 59.4 Å². The smallest absolute Gasteiger partial charge is 0.0431 e. The molecule has 0 aliphatic rings. The molecule has 0 aromatic carbocycles. The molecule has 1 atom stereocenters. The molecule has 0 fully saturated rings. The first-order chi connectivity index (χ1) is 7.63. The summed E-state index contributed by atoms with van der Waals surface area (Å²) in [7, 11) is 0. The number of nitrogens with zero attached hydrogens (tertiary/aromatic N) is 1. The number of allylic oxidation sites excluding steroid dienone is 1. The quantitative estimate of drug-likeness (QED) is 0.457. The molecule has 1 unspecified atom stereocenters. The molecule has 0 radical (unpaired) electrons. The highest BCUT2D eigenvalue weighted by molar-refractivity contribution is 4.75. The standard InChI is InChI=1S/C14H29NO/c1-5-6-10-14(4)15(13(2)3)11-8-7-9-12-16/h5,13-14,16H,1,6-12H2,2-4H3. The number of unbranched alkanes of at least 4 members (excludes halogenated alkanes) is 2. The largest absolute Gasteiger partial charge is 0.396 e. The van der Waals surface area contributed by atoms with Crippen molar-refractivity contribution in [1.29, 1.82) is 0 Å². The Morgan fingerprint density at radius 1 is 1.19 bits per heavy atom. The normalized spacial score (nSPS) is 13.4. The molecule has 0 aromatic rings. The van der Waals surface area contributed by atoms with Gasteiger partial charge in [0.15, 0.2) is 0 Å². The van der Waals surface area contributed by atoms with Crippen LogP contribution in [0.15, 0.2) is 12.7 Å². The van der Waals surface area contributed by atoms with Crippen LogP contribution < -0.4 is 0 Å². The highest BCUT2D eigenvalue weighted by Crippen LogP contribution is 2.12. The second kappa shape index (κ2) is 9.86. The minimum atomic E-state index is 0.327. The zero-order valence-corrected chi connectivity index (χ0v) is 11.3. The van der Waals surface area contributed by atoms with Gasteiger partial charge in [-0.25, -0.2) is 0 Å². The number of hydrogen-bond acceptors (Lipinski definition) is 2. The Labute approximate surface area is 101 Å². The lowest BCUT2D eigenvalue weighted by molar-refractivity contribution is 0.152. The predicted octanol–water partition coefficient (Wildman–Crippen LogP) is 3.21. The molecule has 0 aliphatic carbocycles. The van der Waals surface area contributed by atoms with Crippen molar-refractivity contribution in [2.75, 3.05) is 13.2 Å². The summed E-state index contributed by atoms with van der Waals surface area (Å²) < 4.78 is 0. The topological polar surface area (TPSA) is 23.5 Å². The summed E-state index contributed by atoms with van der Waals surface area (Å²) in [5, 5.41) is 8.74. The number of aliphatic hydroxyl groups is 1. The molecule has 1 N–H and O–H groups in total. The maximum atomic E-state index is 8.74. The van der Waals surface area contributed by atoms with Gasteiger partial charge in [0.1, 0.15) is 0 Å². The van der Waals surface area contributed by atoms with Gasteiger partial charge in [-0.1, -0.05) is 6.08 Å². The van der Waals surface area contributed by atoms with Gasteiger partial charge < -0.3 is 5.11 Å². The Morgan fingerprint density at radius 2 is 1.88 bits per heavy atom. The van der Waals surface area contributed by atoms with E-state index in [4.69, 9.17) is 5.11 Å². The van der Waals surface area contributed by atoms with Crippen molar-refractivity contribution in [1.82, 2.24) is 4.90 Å². The summed E-state index contributed by atoms with van der Waals surface area (Å²) in [6.45, 7) is 12.1. The maximum Gasteiger partial charge on any atom is 0.0431 e. The molecule has 0 saturated heterocycles. The number of rotatable bonds is 10. The monoisotopic (exact) mass is 227 g/mol. The van der Waals surface area contributed by atoms with Crippen molar-refractivity contribution in [2.24, 2.45) is 0 Å².